The number of hydrogen-bond acceptors (Lipinski definition) is 4. The van der Waals surface area contributed by atoms with Crippen molar-refractivity contribution in [2.45, 2.75) is 19.5 Å². The second-order valence-electron chi connectivity index (χ2n) is 8.06. The van der Waals surface area contributed by atoms with Crippen LogP contribution in [0.15, 0.2) is 82.4 Å². The van der Waals surface area contributed by atoms with Crippen LogP contribution in [0.25, 0.3) is 17.0 Å². The Morgan fingerprint density at radius 3 is 2.31 bits per heavy atom. The highest BCUT2D eigenvalue weighted by molar-refractivity contribution is 6.30. The smallest absolute Gasteiger partial charge is 0.331 e. The highest BCUT2D eigenvalue weighted by Crippen LogP contribution is 2.15. The van der Waals surface area contributed by atoms with E-state index in [4.69, 9.17) is 16.7 Å². The quantitative estimate of drug-likeness (QED) is 0.379. The topological polar surface area (TPSA) is 81.3 Å². The minimum Gasteiger partial charge on any atom is -0.388 e. The summed E-state index contributed by atoms with van der Waals surface area (Å²) < 4.78 is 16.6. The minimum absolute atomic E-state index is 0.125. The minimum atomic E-state index is -0.561. The summed E-state index contributed by atoms with van der Waals surface area (Å²) in [5, 5.41) is 9.67. The lowest BCUT2D eigenvalue weighted by Crippen LogP contribution is -2.40. The van der Waals surface area contributed by atoms with Gasteiger partial charge in [-0.1, -0.05) is 54.1 Å². The van der Waals surface area contributed by atoms with Crippen molar-refractivity contribution in [1.29, 1.82) is 0 Å². The molecule has 0 aliphatic carbocycles. The van der Waals surface area contributed by atoms with Crippen molar-refractivity contribution in [3.05, 3.63) is 121 Å². The first-order valence-electron chi connectivity index (χ1n) is 10.9. The number of carbonyl (C=O) groups is 1. The zero-order valence-electron chi connectivity index (χ0n) is 18.7. The zero-order chi connectivity index (χ0) is 24.9. The van der Waals surface area contributed by atoms with Crippen LogP contribution in [-0.2, 0) is 24.3 Å². The first-order chi connectivity index (χ1) is 16.9. The number of carbonyl (C=O) groups excluding carboxylic acids is 1. The van der Waals surface area contributed by atoms with E-state index < -0.39 is 29.5 Å². The Morgan fingerprint density at radius 2 is 1.63 bits per heavy atom. The van der Waals surface area contributed by atoms with E-state index in [2.05, 4.69) is 0 Å². The average molecular weight is 493 g/mol. The number of aryl methyl sites for hydroxylation is 1. The highest BCUT2D eigenvalue weighted by atomic mass is 35.5. The van der Waals surface area contributed by atoms with Gasteiger partial charge in [0.25, 0.3) is 5.56 Å². The largest absolute Gasteiger partial charge is 0.388 e. The molecule has 0 aliphatic heterocycles. The van der Waals surface area contributed by atoms with Crippen LogP contribution in [0.5, 0.6) is 0 Å². The van der Waals surface area contributed by atoms with Gasteiger partial charge in [-0.2, -0.15) is 0 Å². The summed E-state index contributed by atoms with van der Waals surface area (Å²) >= 11 is 5.94. The summed E-state index contributed by atoms with van der Waals surface area (Å²) in [5.74, 6) is -0.951. The third-order valence-corrected chi connectivity index (χ3v) is 5.92. The number of halogens is 2. The predicted octanol–water partition coefficient (Wildman–Crippen LogP) is 3.82. The van der Waals surface area contributed by atoms with Gasteiger partial charge in [0.15, 0.2) is 5.78 Å². The maximum Gasteiger partial charge on any atom is 0.331 e. The molecule has 0 fully saturated rings. The number of aliphatic hydroxyl groups excluding tert-OH is 1. The molecular weight excluding hydrogens is 471 g/mol. The van der Waals surface area contributed by atoms with Crippen LogP contribution in [0.4, 0.5) is 4.39 Å². The first-order valence-corrected chi connectivity index (χ1v) is 11.3. The van der Waals surface area contributed by atoms with Gasteiger partial charge in [0.1, 0.15) is 12.4 Å². The van der Waals surface area contributed by atoms with Crippen molar-refractivity contribution >= 4 is 34.4 Å². The summed E-state index contributed by atoms with van der Waals surface area (Å²) in [4.78, 5) is 37.7. The molecular formula is C27H22ClFN2O4. The van der Waals surface area contributed by atoms with E-state index in [1.807, 2.05) is 12.1 Å². The van der Waals surface area contributed by atoms with Crippen LogP contribution in [-0.4, -0.2) is 26.6 Å². The molecule has 1 N–H and O–H groups in total. The van der Waals surface area contributed by atoms with E-state index >= 15 is 0 Å². The van der Waals surface area contributed by atoms with Gasteiger partial charge in [-0.3, -0.25) is 18.7 Å². The zero-order valence-corrected chi connectivity index (χ0v) is 19.4. The number of ketones is 1. The number of nitrogens with zero attached hydrogens (tertiary/aromatic N) is 2. The van der Waals surface area contributed by atoms with Gasteiger partial charge in [-0.25, -0.2) is 9.18 Å². The molecule has 4 rings (SSSR count). The van der Waals surface area contributed by atoms with E-state index in [0.29, 0.717) is 11.4 Å². The van der Waals surface area contributed by atoms with Crippen LogP contribution in [0.3, 0.4) is 0 Å². The summed E-state index contributed by atoms with van der Waals surface area (Å²) in [5.41, 5.74) is 1.65. The lowest BCUT2D eigenvalue weighted by Gasteiger charge is -2.15. The fourth-order valence-electron chi connectivity index (χ4n) is 3.79. The standard InChI is InChI=1S/C27H22ClFN2O4/c28-21-8-5-19(6-9-21)13-14-30-26(34)24-12-10-22(29)15-25(24)31(27(30)35)16-20-3-1-18(2-4-20)7-11-23(33)17-32/h1-12,15,32H,13-14,16-17H2/b11-7+. The Bertz CT molecular complexity index is 1520. The average Bonchev–Trinajstić information content (AvgIpc) is 2.86. The summed E-state index contributed by atoms with van der Waals surface area (Å²) in [6, 6.07) is 18.1. The predicted molar refractivity (Wildman–Crippen MR) is 134 cm³/mol. The molecule has 0 atom stereocenters. The summed E-state index contributed by atoms with van der Waals surface area (Å²) in [7, 11) is 0. The molecule has 0 spiro atoms. The molecule has 0 aliphatic rings. The number of fused-ring (bicyclic) bond motifs is 1. The molecule has 0 saturated heterocycles. The maximum absolute atomic E-state index is 14.1. The van der Waals surface area contributed by atoms with Crippen LogP contribution in [0, 0.1) is 5.82 Å². The molecule has 3 aromatic carbocycles. The van der Waals surface area contributed by atoms with Gasteiger partial charge in [0.05, 0.1) is 17.4 Å². The molecule has 0 saturated carbocycles. The Balaban J connectivity index is 1.70. The fraction of sp³-hybridized carbons (Fsp3) is 0.148. The molecule has 178 valence electrons. The summed E-state index contributed by atoms with van der Waals surface area (Å²) in [6.07, 6.45) is 3.31. The monoisotopic (exact) mass is 492 g/mol. The van der Waals surface area contributed by atoms with Crippen molar-refractivity contribution in [1.82, 2.24) is 9.13 Å². The van der Waals surface area contributed by atoms with Crippen molar-refractivity contribution in [3.8, 4) is 0 Å². The van der Waals surface area contributed by atoms with Gasteiger partial charge in [0.2, 0.25) is 0 Å². The molecule has 35 heavy (non-hydrogen) atoms. The number of rotatable bonds is 8. The normalized spacial score (nSPS) is 11.4. The van der Waals surface area contributed by atoms with Crippen LogP contribution < -0.4 is 11.2 Å². The highest BCUT2D eigenvalue weighted by Gasteiger charge is 2.14. The second kappa shape index (κ2) is 10.6. The molecule has 0 amide bonds. The Morgan fingerprint density at radius 1 is 0.943 bits per heavy atom. The maximum atomic E-state index is 14.1. The SMILES string of the molecule is O=C(/C=C/c1ccc(Cn2c(=O)n(CCc3ccc(Cl)cc3)c(=O)c3ccc(F)cc32)cc1)CO. The van der Waals surface area contributed by atoms with Crippen molar-refractivity contribution in [2.24, 2.45) is 0 Å². The van der Waals surface area contributed by atoms with Crippen LogP contribution in [0.2, 0.25) is 5.02 Å². The molecule has 0 radical (unpaired) electrons. The van der Waals surface area contributed by atoms with E-state index in [1.165, 1.54) is 33.4 Å². The lowest BCUT2D eigenvalue weighted by molar-refractivity contribution is -0.117. The van der Waals surface area contributed by atoms with Gasteiger partial charge in [-0.05, 0) is 59.5 Å². The summed E-state index contributed by atoms with van der Waals surface area (Å²) in [6.45, 7) is -0.274. The van der Waals surface area contributed by atoms with Crippen molar-refractivity contribution in [2.75, 3.05) is 6.61 Å². The van der Waals surface area contributed by atoms with E-state index in [-0.39, 0.29) is 24.0 Å². The fourth-order valence-corrected chi connectivity index (χ4v) is 3.92. The Hall–Kier alpha value is -3.81. The van der Waals surface area contributed by atoms with E-state index in [0.717, 1.165) is 16.7 Å². The second-order valence-corrected chi connectivity index (χ2v) is 8.50. The van der Waals surface area contributed by atoms with Gasteiger partial charge < -0.3 is 5.11 Å². The van der Waals surface area contributed by atoms with Crippen molar-refractivity contribution < 1.29 is 14.3 Å². The van der Waals surface area contributed by atoms with Crippen LogP contribution >= 0.6 is 11.6 Å². The third-order valence-electron chi connectivity index (χ3n) is 5.66. The van der Waals surface area contributed by atoms with Crippen LogP contribution in [0.1, 0.15) is 16.7 Å². The number of aromatic nitrogens is 2. The number of aliphatic hydroxyl groups is 1. The van der Waals surface area contributed by atoms with E-state index in [9.17, 15) is 18.8 Å². The van der Waals surface area contributed by atoms with Gasteiger partial charge >= 0.3 is 5.69 Å². The molecule has 0 bridgehead atoms. The lowest BCUT2D eigenvalue weighted by atomic mass is 10.1. The molecule has 1 aromatic heterocycles. The molecule has 8 heteroatoms. The molecule has 1 heterocycles. The Kier molecular flexibility index (Phi) is 7.39. The van der Waals surface area contributed by atoms with Gasteiger partial charge in [-0.15, -0.1) is 0 Å². The van der Waals surface area contributed by atoms with Gasteiger partial charge in [0, 0.05) is 11.6 Å². The molecule has 4 aromatic rings. The van der Waals surface area contributed by atoms with Crippen molar-refractivity contribution in [3.63, 3.8) is 0 Å². The van der Waals surface area contributed by atoms with E-state index in [1.54, 1.807) is 42.5 Å². The number of benzene rings is 3. The first kappa shape index (κ1) is 24.3. The number of hydrogen-bond donors (Lipinski definition) is 1. The third kappa shape index (κ3) is 5.65. The Labute approximate surface area is 205 Å². The molecule has 6 nitrogen and oxygen atoms in total. The molecule has 0 unspecified atom stereocenters.